The summed E-state index contributed by atoms with van der Waals surface area (Å²) in [6.45, 7) is 15.5. The van der Waals surface area contributed by atoms with Gasteiger partial charge in [-0.3, -0.25) is 0 Å². The van der Waals surface area contributed by atoms with Gasteiger partial charge in [0.1, 0.15) is 0 Å². The van der Waals surface area contributed by atoms with E-state index in [4.69, 9.17) is 0 Å². The van der Waals surface area contributed by atoms with E-state index in [9.17, 15) is 0 Å². The van der Waals surface area contributed by atoms with Crippen LogP contribution < -0.4 is 0 Å². The maximum atomic E-state index is 2.76. The van der Waals surface area contributed by atoms with E-state index in [0.29, 0.717) is 10.8 Å². The Balaban J connectivity index is 1.43. The highest BCUT2D eigenvalue weighted by Crippen LogP contribution is 2.88. The van der Waals surface area contributed by atoms with Crippen LogP contribution >= 0.6 is 0 Å². The molecular formula is C27H46. The van der Waals surface area contributed by atoms with Crippen LogP contribution in [-0.2, 0) is 0 Å². The summed E-state index contributed by atoms with van der Waals surface area (Å²) in [6, 6.07) is 0. The Morgan fingerprint density at radius 2 is 1.56 bits per heavy atom. The summed E-state index contributed by atoms with van der Waals surface area (Å²) in [6.07, 6.45) is 17.1. The van der Waals surface area contributed by atoms with Gasteiger partial charge >= 0.3 is 0 Å². The first-order chi connectivity index (χ1) is 12.7. The highest BCUT2D eigenvalue weighted by Gasteiger charge is 2.80. The van der Waals surface area contributed by atoms with Gasteiger partial charge in [-0.25, -0.2) is 0 Å². The summed E-state index contributed by atoms with van der Waals surface area (Å²) < 4.78 is 0. The van der Waals surface area contributed by atoms with E-state index in [1.165, 1.54) is 19.3 Å². The monoisotopic (exact) mass is 370 g/mol. The fourth-order valence-electron chi connectivity index (χ4n) is 10.8. The second-order valence-electron chi connectivity index (χ2n) is 13.5. The van der Waals surface area contributed by atoms with Crippen molar-refractivity contribution in [1.82, 2.24) is 0 Å². The summed E-state index contributed by atoms with van der Waals surface area (Å²) in [7, 11) is 0. The smallest absolute Gasteiger partial charge is 0.0199 e. The third-order valence-electron chi connectivity index (χ3n) is 11.7. The fourth-order valence-corrected chi connectivity index (χ4v) is 10.8. The lowest BCUT2D eigenvalue weighted by atomic mass is 9.46. The van der Waals surface area contributed by atoms with Crippen molar-refractivity contribution in [2.75, 3.05) is 0 Å². The van der Waals surface area contributed by atoms with E-state index >= 15 is 0 Å². The van der Waals surface area contributed by atoms with Gasteiger partial charge < -0.3 is 0 Å². The fraction of sp³-hybridized carbons (Fsp3) is 1.00. The number of rotatable bonds is 3. The lowest BCUT2D eigenvalue weighted by molar-refractivity contribution is -0.0967. The third-order valence-corrected chi connectivity index (χ3v) is 11.7. The summed E-state index contributed by atoms with van der Waals surface area (Å²) in [4.78, 5) is 0. The molecule has 5 aliphatic carbocycles. The van der Waals surface area contributed by atoms with Crippen molar-refractivity contribution in [3.63, 3.8) is 0 Å². The van der Waals surface area contributed by atoms with Gasteiger partial charge in [0.15, 0.2) is 0 Å². The molecule has 0 saturated heterocycles. The highest BCUT2D eigenvalue weighted by atomic mass is 14.8. The van der Waals surface area contributed by atoms with Crippen LogP contribution in [0.25, 0.3) is 0 Å². The van der Waals surface area contributed by atoms with E-state index in [1.54, 1.807) is 51.4 Å². The van der Waals surface area contributed by atoms with Crippen molar-refractivity contribution < 1.29 is 0 Å². The molecule has 0 aromatic rings. The average Bonchev–Trinajstić information content (AvgIpc) is 3.15. The minimum Gasteiger partial charge on any atom is -0.0628 e. The summed E-state index contributed by atoms with van der Waals surface area (Å²) >= 11 is 0. The molecule has 0 amide bonds. The van der Waals surface area contributed by atoms with Gasteiger partial charge in [0.2, 0.25) is 0 Å². The van der Waals surface area contributed by atoms with Gasteiger partial charge in [-0.2, -0.15) is 0 Å². The van der Waals surface area contributed by atoms with Gasteiger partial charge in [0.05, 0.1) is 0 Å². The Labute approximate surface area is 169 Å². The first kappa shape index (κ1) is 19.0. The first-order valence-electron chi connectivity index (χ1n) is 12.7. The average molecular weight is 371 g/mol. The largest absolute Gasteiger partial charge is 0.0628 e. The van der Waals surface area contributed by atoms with Crippen molar-refractivity contribution >= 4 is 0 Å². The zero-order valence-corrected chi connectivity index (χ0v) is 19.2. The van der Waals surface area contributed by atoms with Crippen molar-refractivity contribution in [1.29, 1.82) is 0 Å². The number of fused-ring (bicyclic) bond motifs is 2. The molecule has 0 aromatic carbocycles. The standard InChI is InChI=1S/C27H46/c1-18(2)16-19(3)20-9-10-23-25(20,6)14-15-26-17-27(23,26)13-11-21-22(26)8-7-12-24(21,4)5/h18-23H,7-17H2,1-6H3. The molecule has 0 bridgehead atoms. The first-order valence-corrected chi connectivity index (χ1v) is 12.7. The molecule has 8 atom stereocenters. The summed E-state index contributed by atoms with van der Waals surface area (Å²) in [5.41, 5.74) is 2.89. The van der Waals surface area contributed by atoms with Crippen LogP contribution in [0.1, 0.15) is 112 Å². The Hall–Kier alpha value is 0. The van der Waals surface area contributed by atoms with Crippen LogP contribution in [0.4, 0.5) is 0 Å². The Bertz CT molecular complexity index is 601. The van der Waals surface area contributed by atoms with Gasteiger partial charge in [-0.15, -0.1) is 0 Å². The van der Waals surface area contributed by atoms with Gasteiger partial charge in [0.25, 0.3) is 0 Å². The molecule has 27 heavy (non-hydrogen) atoms. The van der Waals surface area contributed by atoms with Crippen LogP contribution in [0.5, 0.6) is 0 Å². The van der Waals surface area contributed by atoms with Crippen LogP contribution in [0.3, 0.4) is 0 Å². The quantitative estimate of drug-likeness (QED) is 0.470. The molecule has 0 nitrogen and oxygen atoms in total. The van der Waals surface area contributed by atoms with Crippen LogP contribution in [0, 0.1) is 57.2 Å². The zero-order valence-electron chi connectivity index (χ0n) is 19.2. The van der Waals surface area contributed by atoms with Crippen LogP contribution in [-0.4, -0.2) is 0 Å². The van der Waals surface area contributed by atoms with E-state index < -0.39 is 0 Å². The molecule has 8 unspecified atom stereocenters. The van der Waals surface area contributed by atoms with E-state index in [-0.39, 0.29) is 0 Å². The second-order valence-corrected chi connectivity index (χ2v) is 13.5. The maximum Gasteiger partial charge on any atom is -0.0199 e. The number of hydrogen-bond acceptors (Lipinski definition) is 0. The molecule has 0 aliphatic heterocycles. The summed E-state index contributed by atoms with van der Waals surface area (Å²) in [5, 5.41) is 0. The van der Waals surface area contributed by atoms with Gasteiger partial charge in [-0.05, 0) is 121 Å². The minimum absolute atomic E-state index is 0.622. The van der Waals surface area contributed by atoms with Crippen LogP contribution in [0.15, 0.2) is 0 Å². The van der Waals surface area contributed by atoms with E-state index in [0.717, 1.165) is 46.3 Å². The molecule has 0 aromatic heterocycles. The van der Waals surface area contributed by atoms with Gasteiger partial charge in [0, 0.05) is 0 Å². The SMILES string of the molecule is CC(C)CC(C)C1CCC2C1(C)CCC13CC21CCC1C3CCCC1(C)C. The highest BCUT2D eigenvalue weighted by molar-refractivity contribution is 5.29. The van der Waals surface area contributed by atoms with Crippen molar-refractivity contribution in [2.45, 2.75) is 112 Å². The molecule has 154 valence electrons. The van der Waals surface area contributed by atoms with E-state index in [2.05, 4.69) is 41.5 Å². The molecular weight excluding hydrogens is 324 g/mol. The summed E-state index contributed by atoms with van der Waals surface area (Å²) in [5.74, 6) is 6.02. The predicted molar refractivity (Wildman–Crippen MR) is 116 cm³/mol. The molecule has 0 heterocycles. The normalized spacial score (nSPS) is 53.9. The Kier molecular flexibility index (Phi) is 4.07. The zero-order chi connectivity index (χ0) is 19.2. The molecule has 0 radical (unpaired) electrons. The molecule has 0 heteroatoms. The van der Waals surface area contributed by atoms with Crippen molar-refractivity contribution in [3.8, 4) is 0 Å². The lowest BCUT2D eigenvalue weighted by Crippen LogP contribution is -2.51. The third kappa shape index (κ3) is 2.34. The second kappa shape index (κ2) is 5.78. The minimum atomic E-state index is 0.622. The Morgan fingerprint density at radius 3 is 2.30 bits per heavy atom. The van der Waals surface area contributed by atoms with E-state index in [1.807, 2.05) is 0 Å². The molecule has 0 spiro atoms. The molecule has 5 saturated carbocycles. The topological polar surface area (TPSA) is 0 Å². The molecule has 5 rings (SSSR count). The predicted octanol–water partition coefficient (Wildman–Crippen LogP) is 8.11. The maximum absolute atomic E-state index is 2.76. The molecule has 5 fully saturated rings. The van der Waals surface area contributed by atoms with Crippen LogP contribution in [0.2, 0.25) is 0 Å². The number of hydrogen-bond donors (Lipinski definition) is 0. The van der Waals surface area contributed by atoms with Gasteiger partial charge in [-0.1, -0.05) is 48.0 Å². The molecule has 0 N–H and O–H groups in total. The van der Waals surface area contributed by atoms with Crippen molar-refractivity contribution in [3.05, 3.63) is 0 Å². The lowest BCUT2D eigenvalue weighted by Gasteiger charge is -2.58. The molecule has 5 aliphatic rings. The van der Waals surface area contributed by atoms with Crippen molar-refractivity contribution in [2.24, 2.45) is 57.2 Å². The Morgan fingerprint density at radius 1 is 0.778 bits per heavy atom.